The molecule has 238 valence electrons. The molecule has 2 atom stereocenters. The molecule has 0 bridgehead atoms. The lowest BCUT2D eigenvalue weighted by Crippen LogP contribution is -2.42. The minimum atomic E-state index is -4.59. The van der Waals surface area contributed by atoms with Crippen LogP contribution in [0.15, 0.2) is 30.5 Å². The summed E-state index contributed by atoms with van der Waals surface area (Å²) in [5.41, 5.74) is 0.231. The van der Waals surface area contributed by atoms with Crippen molar-refractivity contribution in [1.29, 1.82) is 0 Å². The molecule has 9 nitrogen and oxygen atoms in total. The van der Waals surface area contributed by atoms with E-state index in [0.29, 0.717) is 54.0 Å². The van der Waals surface area contributed by atoms with Crippen LogP contribution in [0.3, 0.4) is 0 Å². The van der Waals surface area contributed by atoms with E-state index in [1.165, 1.54) is 12.1 Å². The number of nitrogens with zero attached hydrogens (tertiary/aromatic N) is 4. The highest BCUT2D eigenvalue weighted by molar-refractivity contribution is 6.31. The quantitative estimate of drug-likeness (QED) is 0.309. The molecule has 2 aliphatic rings. The number of benzene rings is 1. The number of anilines is 1. The van der Waals surface area contributed by atoms with E-state index in [1.807, 2.05) is 32.4 Å². The van der Waals surface area contributed by atoms with Crippen molar-refractivity contribution in [2.75, 3.05) is 18.4 Å². The number of fused-ring (bicyclic) bond motifs is 1. The summed E-state index contributed by atoms with van der Waals surface area (Å²) >= 11 is 6.15. The van der Waals surface area contributed by atoms with Gasteiger partial charge in [-0.15, -0.1) is 0 Å². The molecule has 5 rings (SSSR count). The van der Waals surface area contributed by atoms with Crippen molar-refractivity contribution < 1.29 is 27.5 Å². The average molecular weight is 635 g/mol. The van der Waals surface area contributed by atoms with Gasteiger partial charge >= 0.3 is 12.3 Å². The van der Waals surface area contributed by atoms with Gasteiger partial charge in [-0.25, -0.2) is 9.78 Å². The molecule has 1 aromatic carbocycles. The molecule has 2 amide bonds. The lowest BCUT2D eigenvalue weighted by molar-refractivity contribution is -0.140. The summed E-state index contributed by atoms with van der Waals surface area (Å²) in [6, 6.07) is 5.38. The third-order valence-corrected chi connectivity index (χ3v) is 8.42. The van der Waals surface area contributed by atoms with Gasteiger partial charge in [-0.1, -0.05) is 11.6 Å². The van der Waals surface area contributed by atoms with Crippen molar-refractivity contribution in [3.8, 4) is 0 Å². The Labute approximate surface area is 259 Å². The Kier molecular flexibility index (Phi) is 9.02. The maximum Gasteiger partial charge on any atom is 0.433 e. The molecule has 3 heterocycles. The molecular formula is C31H38ClF3N6O3. The highest BCUT2D eigenvalue weighted by atomic mass is 35.5. The first-order valence-electron chi connectivity index (χ1n) is 14.9. The Balaban J connectivity index is 1.22. The number of carbonyl (C=O) groups excluding carboxylic acids is 2. The van der Waals surface area contributed by atoms with E-state index in [-0.39, 0.29) is 35.6 Å². The molecule has 44 heavy (non-hydrogen) atoms. The summed E-state index contributed by atoms with van der Waals surface area (Å²) in [4.78, 5) is 31.3. The summed E-state index contributed by atoms with van der Waals surface area (Å²) in [7, 11) is 0. The topological polar surface area (TPSA) is 101 Å². The Morgan fingerprint density at radius 1 is 1.05 bits per heavy atom. The van der Waals surface area contributed by atoms with E-state index < -0.39 is 17.5 Å². The zero-order chi connectivity index (χ0) is 31.8. The number of alkyl halides is 3. The monoisotopic (exact) mass is 634 g/mol. The molecule has 1 aliphatic heterocycles. The van der Waals surface area contributed by atoms with Gasteiger partial charge < -0.3 is 20.3 Å². The minimum Gasteiger partial charge on any atom is -0.444 e. The average Bonchev–Trinajstić information content (AvgIpc) is 3.33. The molecule has 0 radical (unpaired) electrons. The van der Waals surface area contributed by atoms with Gasteiger partial charge in [0.15, 0.2) is 0 Å². The third kappa shape index (κ3) is 7.39. The molecule has 3 aromatic rings. The second-order valence-corrected chi connectivity index (χ2v) is 13.1. The van der Waals surface area contributed by atoms with E-state index in [2.05, 4.69) is 20.7 Å². The summed E-state index contributed by atoms with van der Waals surface area (Å²) in [5.74, 6) is -0.230. The predicted molar refractivity (Wildman–Crippen MR) is 162 cm³/mol. The van der Waals surface area contributed by atoms with Gasteiger partial charge in [0.2, 0.25) is 0 Å². The fourth-order valence-electron chi connectivity index (χ4n) is 6.03. The Hall–Kier alpha value is -3.54. The van der Waals surface area contributed by atoms with Crippen LogP contribution in [0.4, 0.5) is 23.7 Å². The summed E-state index contributed by atoms with van der Waals surface area (Å²) in [6.07, 6.45) is 0.914. The number of likely N-dealkylation sites (tertiary alicyclic amines) is 1. The molecule has 2 N–H and O–H groups in total. The van der Waals surface area contributed by atoms with Crippen molar-refractivity contribution in [2.24, 2.45) is 0 Å². The molecule has 1 saturated heterocycles. The van der Waals surface area contributed by atoms with Gasteiger partial charge in [0, 0.05) is 47.0 Å². The number of aromatic nitrogens is 3. The third-order valence-electron chi connectivity index (χ3n) is 8.18. The van der Waals surface area contributed by atoms with E-state index in [4.69, 9.17) is 16.3 Å². The first kappa shape index (κ1) is 31.9. The minimum absolute atomic E-state index is 0.0591. The van der Waals surface area contributed by atoms with E-state index in [9.17, 15) is 22.8 Å². The zero-order valence-electron chi connectivity index (χ0n) is 25.3. The number of halogens is 4. The van der Waals surface area contributed by atoms with Crippen LogP contribution in [-0.4, -0.2) is 62.4 Å². The highest BCUT2D eigenvalue weighted by Gasteiger charge is 2.34. The second-order valence-electron chi connectivity index (χ2n) is 12.7. The van der Waals surface area contributed by atoms with Gasteiger partial charge in [0.25, 0.3) is 5.91 Å². The maximum absolute atomic E-state index is 13.6. The summed E-state index contributed by atoms with van der Waals surface area (Å²) in [6.45, 7) is 8.47. The van der Waals surface area contributed by atoms with E-state index in [1.54, 1.807) is 17.2 Å². The van der Waals surface area contributed by atoms with Gasteiger partial charge in [-0.3, -0.25) is 9.48 Å². The van der Waals surface area contributed by atoms with Gasteiger partial charge in [-0.05, 0) is 90.5 Å². The van der Waals surface area contributed by atoms with Crippen molar-refractivity contribution in [1.82, 2.24) is 25.0 Å². The zero-order valence-corrected chi connectivity index (χ0v) is 26.1. The Bertz CT molecular complexity index is 1530. The summed E-state index contributed by atoms with van der Waals surface area (Å²) < 4.78 is 48.1. The standard InChI is InChI=1S/C31H38ClF3N6O3/c1-18-24(17-36-41(18)22-10-12-40(13-11-22)29(43)44-30(2,3)4)28(42)38-21-7-5-6-20(15-21)37-26-16-27(31(33,34)35)39-25-9-8-19(32)14-23(25)26/h8-9,14,16-17,20-22H,5-7,10-13,15H2,1-4H3,(H,37,39)(H,38,42)/t20-,21+/m0/s1. The van der Waals surface area contributed by atoms with Crippen molar-refractivity contribution in [3.05, 3.63) is 52.4 Å². The van der Waals surface area contributed by atoms with Crippen molar-refractivity contribution in [2.45, 2.75) is 96.1 Å². The van der Waals surface area contributed by atoms with Gasteiger partial charge in [-0.2, -0.15) is 18.3 Å². The second kappa shape index (κ2) is 12.5. The molecule has 13 heteroatoms. The van der Waals surface area contributed by atoms with E-state index in [0.717, 1.165) is 31.0 Å². The summed E-state index contributed by atoms with van der Waals surface area (Å²) in [5, 5.41) is 11.8. The van der Waals surface area contributed by atoms with Crippen LogP contribution in [-0.2, 0) is 10.9 Å². The largest absolute Gasteiger partial charge is 0.444 e. The van der Waals surface area contributed by atoms with Gasteiger partial charge in [0.1, 0.15) is 11.3 Å². The van der Waals surface area contributed by atoms with Crippen LogP contribution in [0.5, 0.6) is 0 Å². The van der Waals surface area contributed by atoms with Crippen LogP contribution >= 0.6 is 11.6 Å². The fourth-order valence-corrected chi connectivity index (χ4v) is 6.20. The Morgan fingerprint density at radius 3 is 2.43 bits per heavy atom. The van der Waals surface area contributed by atoms with Crippen molar-refractivity contribution >= 4 is 40.2 Å². The lowest BCUT2D eigenvalue weighted by atomic mass is 9.90. The van der Waals surface area contributed by atoms with Crippen LogP contribution in [0, 0.1) is 6.92 Å². The van der Waals surface area contributed by atoms with Crippen LogP contribution in [0.25, 0.3) is 10.9 Å². The highest BCUT2D eigenvalue weighted by Crippen LogP contribution is 2.35. The molecule has 0 spiro atoms. The first-order chi connectivity index (χ1) is 20.7. The molecule has 1 saturated carbocycles. The first-order valence-corrected chi connectivity index (χ1v) is 15.3. The van der Waals surface area contributed by atoms with E-state index >= 15 is 0 Å². The molecule has 1 aliphatic carbocycles. The Morgan fingerprint density at radius 2 is 1.75 bits per heavy atom. The van der Waals surface area contributed by atoms with Gasteiger partial charge in [0.05, 0.1) is 23.3 Å². The normalized spacial score (nSPS) is 20.0. The number of amides is 2. The van der Waals surface area contributed by atoms with Crippen LogP contribution < -0.4 is 10.6 Å². The molecular weight excluding hydrogens is 597 g/mol. The molecule has 2 fully saturated rings. The number of piperidine rings is 1. The SMILES string of the molecule is Cc1c(C(=O)N[C@@H]2CCC[C@H](Nc3cc(C(F)(F)F)nc4ccc(Cl)cc34)C2)cnn1C1CCN(C(=O)OC(C)(C)C)CC1. The number of carbonyl (C=O) groups is 2. The fraction of sp³-hybridized carbons (Fsp3) is 0.548. The molecule has 0 unspecified atom stereocenters. The number of rotatable bonds is 5. The maximum atomic E-state index is 13.6. The number of hydrogen-bond acceptors (Lipinski definition) is 6. The van der Waals surface area contributed by atoms with Crippen LogP contribution in [0.1, 0.15) is 87.1 Å². The number of ether oxygens (including phenoxy) is 1. The smallest absolute Gasteiger partial charge is 0.433 e. The van der Waals surface area contributed by atoms with Crippen LogP contribution in [0.2, 0.25) is 5.02 Å². The molecule has 2 aromatic heterocycles. The number of hydrogen-bond donors (Lipinski definition) is 2. The number of nitrogens with one attached hydrogen (secondary N) is 2. The number of pyridine rings is 1. The predicted octanol–water partition coefficient (Wildman–Crippen LogP) is 7.14. The lowest BCUT2D eigenvalue weighted by Gasteiger charge is -2.34. The van der Waals surface area contributed by atoms with Crippen molar-refractivity contribution in [3.63, 3.8) is 0 Å².